The van der Waals surface area contributed by atoms with E-state index in [4.69, 9.17) is 14.6 Å². The van der Waals surface area contributed by atoms with Gasteiger partial charge < -0.3 is 14.8 Å². The third kappa shape index (κ3) is 3.58. The van der Waals surface area contributed by atoms with Gasteiger partial charge in [-0.1, -0.05) is 18.2 Å². The number of benzene rings is 2. The molecule has 2 aromatic carbocycles. The number of methoxy groups -OCH3 is 1. The van der Waals surface area contributed by atoms with Crippen LogP contribution in [0.1, 0.15) is 24.1 Å². The number of nitrogens with one attached hydrogen (secondary N) is 1. The summed E-state index contributed by atoms with van der Waals surface area (Å²) in [5.41, 5.74) is 3.05. The Labute approximate surface area is 153 Å². The first-order chi connectivity index (χ1) is 12.7. The number of hydrogen-bond donors (Lipinski definition) is 1. The van der Waals surface area contributed by atoms with E-state index >= 15 is 0 Å². The highest BCUT2D eigenvalue weighted by molar-refractivity contribution is 5.44. The minimum atomic E-state index is 0.628. The molecule has 0 aliphatic heterocycles. The lowest BCUT2D eigenvalue weighted by Gasteiger charge is -2.12. The van der Waals surface area contributed by atoms with Crippen LogP contribution in [0.4, 0.5) is 0 Å². The van der Waals surface area contributed by atoms with Crippen LogP contribution in [0.3, 0.4) is 0 Å². The molecule has 1 N–H and O–H groups in total. The van der Waals surface area contributed by atoms with E-state index in [-0.39, 0.29) is 0 Å². The number of rotatable bonds is 7. The summed E-state index contributed by atoms with van der Waals surface area (Å²) >= 11 is 0. The second-order valence-electron chi connectivity index (χ2n) is 6.55. The molecule has 1 aliphatic carbocycles. The minimum Gasteiger partial charge on any atom is -0.497 e. The van der Waals surface area contributed by atoms with Crippen molar-refractivity contribution in [2.75, 3.05) is 7.11 Å². The zero-order valence-electron chi connectivity index (χ0n) is 15.1. The Morgan fingerprint density at radius 1 is 1.04 bits per heavy atom. The van der Waals surface area contributed by atoms with E-state index in [1.54, 1.807) is 7.11 Å². The smallest absolute Gasteiger partial charge is 0.227 e. The summed E-state index contributed by atoms with van der Waals surface area (Å²) in [7, 11) is 1.66. The lowest BCUT2D eigenvalue weighted by atomic mass is 10.2. The monoisotopic (exact) mass is 349 g/mol. The largest absolute Gasteiger partial charge is 0.497 e. The van der Waals surface area contributed by atoms with Crippen LogP contribution in [-0.2, 0) is 6.54 Å². The van der Waals surface area contributed by atoms with Crippen LogP contribution < -0.4 is 14.8 Å². The summed E-state index contributed by atoms with van der Waals surface area (Å²) in [4.78, 5) is 0. The fraction of sp³-hybridized carbons (Fsp3) is 0.286. The van der Waals surface area contributed by atoms with Crippen LogP contribution in [0, 0.1) is 6.92 Å². The lowest BCUT2D eigenvalue weighted by Crippen LogP contribution is -2.16. The van der Waals surface area contributed by atoms with Crippen LogP contribution in [0.15, 0.2) is 54.6 Å². The predicted octanol–water partition coefficient (Wildman–Crippen LogP) is 4.23. The van der Waals surface area contributed by atoms with Gasteiger partial charge in [-0.2, -0.15) is 5.10 Å². The molecule has 0 bridgehead atoms. The van der Waals surface area contributed by atoms with E-state index in [2.05, 4.69) is 5.32 Å². The Balaban J connectivity index is 1.70. The van der Waals surface area contributed by atoms with Gasteiger partial charge in [-0.25, -0.2) is 4.68 Å². The molecule has 1 aromatic heterocycles. The summed E-state index contributed by atoms with van der Waals surface area (Å²) in [6.07, 6.45) is 2.50. The summed E-state index contributed by atoms with van der Waals surface area (Å²) in [5, 5.41) is 8.31. The molecule has 26 heavy (non-hydrogen) atoms. The number of aromatic nitrogens is 2. The molecule has 0 spiro atoms. The highest BCUT2D eigenvalue weighted by Crippen LogP contribution is 2.32. The highest BCUT2D eigenvalue weighted by atomic mass is 16.5. The average Bonchev–Trinajstić information content (AvgIpc) is 3.46. The SMILES string of the molecule is COc1ccc(Oc2c(CNC3CC3)c(C)nn2-c2ccccc2)cc1. The molecule has 1 heterocycles. The Bertz CT molecular complexity index is 868. The standard InChI is InChI=1S/C21H23N3O2/c1-15-20(14-22-16-8-9-16)21(24(23-15)17-6-4-3-5-7-17)26-19-12-10-18(25-2)11-13-19/h3-7,10-13,16,22H,8-9,14H2,1-2H3. The maximum absolute atomic E-state index is 6.27. The van der Waals surface area contributed by atoms with Gasteiger partial charge in [0.05, 0.1) is 24.1 Å². The first-order valence-electron chi connectivity index (χ1n) is 8.94. The zero-order chi connectivity index (χ0) is 17.9. The maximum atomic E-state index is 6.27. The van der Waals surface area contributed by atoms with Gasteiger partial charge in [-0.05, 0) is 56.2 Å². The third-order valence-corrected chi connectivity index (χ3v) is 4.56. The molecule has 5 heteroatoms. The summed E-state index contributed by atoms with van der Waals surface area (Å²) in [6.45, 7) is 2.79. The van der Waals surface area contributed by atoms with Gasteiger partial charge in [0.2, 0.25) is 5.88 Å². The van der Waals surface area contributed by atoms with Crippen molar-refractivity contribution in [3.05, 3.63) is 65.9 Å². The Morgan fingerprint density at radius 3 is 2.38 bits per heavy atom. The minimum absolute atomic E-state index is 0.628. The fourth-order valence-electron chi connectivity index (χ4n) is 2.88. The van der Waals surface area contributed by atoms with Gasteiger partial charge in [-0.3, -0.25) is 0 Å². The summed E-state index contributed by atoms with van der Waals surface area (Å²) in [6, 6.07) is 18.3. The fourth-order valence-corrected chi connectivity index (χ4v) is 2.88. The normalized spacial score (nSPS) is 13.6. The van der Waals surface area contributed by atoms with Gasteiger partial charge in [-0.15, -0.1) is 0 Å². The van der Waals surface area contributed by atoms with E-state index in [1.165, 1.54) is 12.8 Å². The number of hydrogen-bond acceptors (Lipinski definition) is 4. The van der Waals surface area contributed by atoms with Gasteiger partial charge in [0.25, 0.3) is 0 Å². The molecular formula is C21H23N3O2. The Morgan fingerprint density at radius 2 is 1.73 bits per heavy atom. The van der Waals surface area contributed by atoms with E-state index < -0.39 is 0 Å². The molecule has 4 rings (SSSR count). The second kappa shape index (κ2) is 7.22. The van der Waals surface area contributed by atoms with Gasteiger partial charge in [0, 0.05) is 12.6 Å². The summed E-state index contributed by atoms with van der Waals surface area (Å²) < 4.78 is 13.4. The first kappa shape index (κ1) is 16.7. The third-order valence-electron chi connectivity index (χ3n) is 4.56. The molecule has 1 saturated carbocycles. The Kier molecular flexibility index (Phi) is 4.63. The van der Waals surface area contributed by atoms with E-state index in [9.17, 15) is 0 Å². The van der Waals surface area contributed by atoms with E-state index in [0.29, 0.717) is 6.04 Å². The van der Waals surface area contributed by atoms with Crippen molar-refractivity contribution in [2.24, 2.45) is 0 Å². The number of aryl methyl sites for hydroxylation is 1. The van der Waals surface area contributed by atoms with Crippen LogP contribution in [0.25, 0.3) is 5.69 Å². The van der Waals surface area contributed by atoms with Crippen LogP contribution in [0.5, 0.6) is 17.4 Å². The van der Waals surface area contributed by atoms with Crippen LogP contribution >= 0.6 is 0 Å². The van der Waals surface area contributed by atoms with Crippen molar-refractivity contribution in [3.8, 4) is 23.1 Å². The van der Waals surface area contributed by atoms with Gasteiger partial charge in [0.15, 0.2) is 0 Å². The summed E-state index contributed by atoms with van der Waals surface area (Å²) in [5.74, 6) is 2.32. The first-order valence-corrected chi connectivity index (χ1v) is 8.94. The molecule has 0 amide bonds. The molecule has 0 radical (unpaired) electrons. The molecule has 1 fully saturated rings. The van der Waals surface area contributed by atoms with Gasteiger partial charge >= 0.3 is 0 Å². The van der Waals surface area contributed by atoms with Crippen molar-refractivity contribution in [2.45, 2.75) is 32.4 Å². The van der Waals surface area contributed by atoms with Crippen molar-refractivity contribution in [3.63, 3.8) is 0 Å². The highest BCUT2D eigenvalue weighted by Gasteiger charge is 2.24. The Hall–Kier alpha value is -2.79. The number of nitrogens with zero attached hydrogens (tertiary/aromatic N) is 2. The molecule has 0 saturated heterocycles. The average molecular weight is 349 g/mol. The van der Waals surface area contributed by atoms with Crippen LogP contribution in [-0.4, -0.2) is 22.9 Å². The molecule has 3 aromatic rings. The van der Waals surface area contributed by atoms with Crippen molar-refractivity contribution >= 4 is 0 Å². The zero-order valence-corrected chi connectivity index (χ0v) is 15.1. The lowest BCUT2D eigenvalue weighted by molar-refractivity contribution is 0.410. The number of para-hydroxylation sites is 1. The molecule has 1 aliphatic rings. The molecule has 0 atom stereocenters. The van der Waals surface area contributed by atoms with Crippen molar-refractivity contribution in [1.29, 1.82) is 0 Å². The quantitative estimate of drug-likeness (QED) is 0.693. The predicted molar refractivity (Wildman–Crippen MR) is 101 cm³/mol. The maximum Gasteiger partial charge on any atom is 0.227 e. The number of ether oxygens (including phenoxy) is 2. The van der Waals surface area contributed by atoms with E-state index in [0.717, 1.165) is 40.9 Å². The molecular weight excluding hydrogens is 326 g/mol. The molecule has 0 unspecified atom stereocenters. The molecule has 134 valence electrons. The van der Waals surface area contributed by atoms with Crippen LogP contribution in [0.2, 0.25) is 0 Å². The van der Waals surface area contributed by atoms with Gasteiger partial charge in [0.1, 0.15) is 11.5 Å². The van der Waals surface area contributed by atoms with Crippen molar-refractivity contribution < 1.29 is 9.47 Å². The second-order valence-corrected chi connectivity index (χ2v) is 6.55. The van der Waals surface area contributed by atoms with E-state index in [1.807, 2.05) is 66.2 Å². The topological polar surface area (TPSA) is 48.3 Å². The van der Waals surface area contributed by atoms with Crippen molar-refractivity contribution in [1.82, 2.24) is 15.1 Å². The molecule has 5 nitrogen and oxygen atoms in total.